The normalized spacial score (nSPS) is 14.5. The number of hydrogen-bond acceptors (Lipinski definition) is 1. The third kappa shape index (κ3) is 0.865. The zero-order valence-corrected chi connectivity index (χ0v) is 5.99. The van der Waals surface area contributed by atoms with Crippen molar-refractivity contribution in [3.8, 4) is 0 Å². The second-order valence-corrected chi connectivity index (χ2v) is 3.03. The van der Waals surface area contributed by atoms with Gasteiger partial charge in [0.05, 0.1) is 11.6 Å². The van der Waals surface area contributed by atoms with Crippen LogP contribution in [0.1, 0.15) is 0 Å². The van der Waals surface area contributed by atoms with Gasteiger partial charge in [0.1, 0.15) is 5.82 Å². The molecule has 0 saturated heterocycles. The second kappa shape index (κ2) is 2.16. The first-order valence-electron chi connectivity index (χ1n) is 2.96. The molecule has 1 aromatic rings. The average molecular weight is 154 g/mol. The van der Waals surface area contributed by atoms with E-state index < -0.39 is 0 Å². The molecule has 0 unspecified atom stereocenters. The lowest BCUT2D eigenvalue weighted by molar-refractivity contribution is 0.624. The fraction of sp³-hybridized carbons (Fsp3) is 0.143. The van der Waals surface area contributed by atoms with E-state index in [1.807, 2.05) is 0 Å². The van der Waals surface area contributed by atoms with E-state index in [1.165, 1.54) is 12.1 Å². The van der Waals surface area contributed by atoms with Gasteiger partial charge in [0, 0.05) is 4.90 Å². The summed E-state index contributed by atoms with van der Waals surface area (Å²) in [4.78, 5) is 0.958. The first kappa shape index (κ1) is 6.04. The monoisotopic (exact) mass is 154 g/mol. The van der Waals surface area contributed by atoms with Crippen molar-refractivity contribution in [2.24, 2.45) is 0 Å². The summed E-state index contributed by atoms with van der Waals surface area (Å²) in [6, 6.07) is 4.68. The fourth-order valence-electron chi connectivity index (χ4n) is 0.906. The van der Waals surface area contributed by atoms with Crippen molar-refractivity contribution in [2.75, 3.05) is 5.88 Å². The molecule has 0 spiro atoms. The zero-order chi connectivity index (χ0) is 6.97. The Morgan fingerprint density at radius 1 is 1.50 bits per heavy atom. The molecular formula is C7H5FNS. The summed E-state index contributed by atoms with van der Waals surface area (Å²) in [5.41, 5.74) is 0.923. The Balaban J connectivity index is 2.52. The Labute approximate surface area is 62.6 Å². The number of halogens is 1. The number of thioether (sulfide) groups is 1. The van der Waals surface area contributed by atoms with E-state index in [0.29, 0.717) is 0 Å². The van der Waals surface area contributed by atoms with Crippen molar-refractivity contribution >= 4 is 17.4 Å². The number of rotatable bonds is 0. The topological polar surface area (TPSA) is 14.1 Å². The Kier molecular flexibility index (Phi) is 1.31. The van der Waals surface area contributed by atoms with Crippen molar-refractivity contribution in [1.29, 1.82) is 0 Å². The van der Waals surface area contributed by atoms with E-state index in [2.05, 4.69) is 5.32 Å². The van der Waals surface area contributed by atoms with Gasteiger partial charge in [-0.25, -0.2) is 4.39 Å². The van der Waals surface area contributed by atoms with Gasteiger partial charge in [-0.15, -0.1) is 11.8 Å². The van der Waals surface area contributed by atoms with E-state index in [9.17, 15) is 4.39 Å². The van der Waals surface area contributed by atoms with Crippen molar-refractivity contribution in [1.82, 2.24) is 5.32 Å². The molecule has 1 aliphatic rings. The molecule has 0 fully saturated rings. The van der Waals surface area contributed by atoms with E-state index in [4.69, 9.17) is 0 Å². The highest BCUT2D eigenvalue weighted by Crippen LogP contribution is 2.33. The fourth-order valence-corrected chi connectivity index (χ4v) is 1.72. The molecule has 0 aromatic heterocycles. The minimum atomic E-state index is -0.177. The number of fused-ring (bicyclic) bond motifs is 1. The molecule has 1 radical (unpaired) electrons. The summed E-state index contributed by atoms with van der Waals surface area (Å²) >= 11 is 1.58. The molecule has 0 N–H and O–H groups in total. The molecule has 1 nitrogen and oxygen atoms in total. The molecule has 1 heterocycles. The van der Waals surface area contributed by atoms with Gasteiger partial charge < -0.3 is 0 Å². The van der Waals surface area contributed by atoms with Crippen LogP contribution in [-0.2, 0) is 0 Å². The van der Waals surface area contributed by atoms with Gasteiger partial charge in [0.15, 0.2) is 0 Å². The average Bonchev–Trinajstić information content (AvgIpc) is 2.33. The summed E-state index contributed by atoms with van der Waals surface area (Å²) in [5, 5.41) is 4.14. The third-order valence-corrected chi connectivity index (χ3v) is 2.27. The second-order valence-electron chi connectivity index (χ2n) is 2.04. The van der Waals surface area contributed by atoms with Crippen LogP contribution in [0.25, 0.3) is 0 Å². The van der Waals surface area contributed by atoms with Crippen LogP contribution in [0.5, 0.6) is 0 Å². The van der Waals surface area contributed by atoms with Crippen molar-refractivity contribution in [3.05, 3.63) is 24.0 Å². The van der Waals surface area contributed by atoms with E-state index >= 15 is 0 Å². The highest BCUT2D eigenvalue weighted by atomic mass is 32.2. The van der Waals surface area contributed by atoms with Crippen LogP contribution >= 0.6 is 11.8 Å². The summed E-state index contributed by atoms with van der Waals surface area (Å²) < 4.78 is 12.5. The van der Waals surface area contributed by atoms with Crippen molar-refractivity contribution in [3.63, 3.8) is 0 Å². The predicted octanol–water partition coefficient (Wildman–Crippen LogP) is 2.12. The lowest BCUT2D eigenvalue weighted by Gasteiger charge is -1.93. The van der Waals surface area contributed by atoms with Gasteiger partial charge in [0.2, 0.25) is 0 Å². The Morgan fingerprint density at radius 3 is 3.30 bits per heavy atom. The van der Waals surface area contributed by atoms with Gasteiger partial charge >= 0.3 is 0 Å². The van der Waals surface area contributed by atoms with Gasteiger partial charge in [-0.2, -0.15) is 0 Å². The van der Waals surface area contributed by atoms with Crippen molar-refractivity contribution < 1.29 is 4.39 Å². The molecule has 10 heavy (non-hydrogen) atoms. The molecule has 0 aliphatic carbocycles. The molecule has 0 saturated carbocycles. The molecule has 1 aromatic carbocycles. The predicted molar refractivity (Wildman–Crippen MR) is 38.9 cm³/mol. The van der Waals surface area contributed by atoms with Gasteiger partial charge in [-0.1, -0.05) is 0 Å². The number of hydrogen-bond donors (Lipinski definition) is 0. The van der Waals surface area contributed by atoms with Gasteiger partial charge in [-0.3, -0.25) is 5.32 Å². The smallest absolute Gasteiger partial charge is 0.124 e. The zero-order valence-electron chi connectivity index (χ0n) is 5.17. The number of benzene rings is 1. The Morgan fingerprint density at radius 2 is 2.40 bits per heavy atom. The summed E-state index contributed by atoms with van der Waals surface area (Å²) in [6.07, 6.45) is 0. The summed E-state index contributed by atoms with van der Waals surface area (Å²) in [5.74, 6) is 0.557. The maximum absolute atomic E-state index is 12.5. The molecular weight excluding hydrogens is 149 g/mol. The molecule has 3 heteroatoms. The van der Waals surface area contributed by atoms with Gasteiger partial charge in [0.25, 0.3) is 0 Å². The van der Waals surface area contributed by atoms with Crippen LogP contribution in [0.4, 0.5) is 10.1 Å². The minimum Gasteiger partial charge on any atom is -0.273 e. The largest absolute Gasteiger partial charge is 0.273 e. The minimum absolute atomic E-state index is 0.177. The quantitative estimate of drug-likeness (QED) is 0.558. The van der Waals surface area contributed by atoms with E-state index in [1.54, 1.807) is 17.8 Å². The van der Waals surface area contributed by atoms with E-state index in [-0.39, 0.29) is 5.82 Å². The highest BCUT2D eigenvalue weighted by molar-refractivity contribution is 7.99. The summed E-state index contributed by atoms with van der Waals surface area (Å²) in [6.45, 7) is 0. The maximum atomic E-state index is 12.5. The van der Waals surface area contributed by atoms with Crippen molar-refractivity contribution in [2.45, 2.75) is 4.90 Å². The molecule has 1 aliphatic heterocycles. The van der Waals surface area contributed by atoms with Crippen LogP contribution in [0.2, 0.25) is 0 Å². The van der Waals surface area contributed by atoms with Crippen LogP contribution in [0.3, 0.4) is 0 Å². The van der Waals surface area contributed by atoms with Crippen LogP contribution in [-0.4, -0.2) is 5.88 Å². The van der Waals surface area contributed by atoms with E-state index in [0.717, 1.165) is 16.5 Å². The molecule has 0 bridgehead atoms. The first-order valence-corrected chi connectivity index (χ1v) is 3.95. The molecule has 2 rings (SSSR count). The van der Waals surface area contributed by atoms with Crippen LogP contribution < -0.4 is 5.32 Å². The lowest BCUT2D eigenvalue weighted by Crippen LogP contribution is -1.85. The molecule has 0 amide bonds. The van der Waals surface area contributed by atoms with Crippen LogP contribution in [0.15, 0.2) is 23.1 Å². The Bertz CT molecular complexity index is 262. The standard InChI is InChI=1S/C7H5FNS/c8-5-1-2-6-7(3-5)10-4-9-6/h1-3H,4H2. The number of nitrogens with zero attached hydrogens (tertiary/aromatic N) is 1. The molecule has 0 atom stereocenters. The lowest BCUT2D eigenvalue weighted by atomic mass is 10.3. The molecule has 51 valence electrons. The Hall–Kier alpha value is -0.700. The van der Waals surface area contributed by atoms with Gasteiger partial charge in [-0.05, 0) is 18.2 Å². The maximum Gasteiger partial charge on any atom is 0.124 e. The van der Waals surface area contributed by atoms with Crippen LogP contribution in [0, 0.1) is 5.82 Å². The third-order valence-electron chi connectivity index (χ3n) is 1.38. The summed E-state index contributed by atoms with van der Waals surface area (Å²) in [7, 11) is 0. The first-order chi connectivity index (χ1) is 4.86. The SMILES string of the molecule is Fc1ccc2c(c1)SC[N]2. The highest BCUT2D eigenvalue weighted by Gasteiger charge is 2.11.